The summed E-state index contributed by atoms with van der Waals surface area (Å²) in [6, 6.07) is 4.67. The molecule has 1 heterocycles. The third kappa shape index (κ3) is 2.38. The monoisotopic (exact) mass is 281 g/mol. The van der Waals surface area contributed by atoms with Crippen LogP contribution in [0.1, 0.15) is 18.0 Å². The third-order valence-electron chi connectivity index (χ3n) is 3.80. The SMILES string of the molecule is COC(=O)[C@H]1C[C@@H](C(=O)O)[C@@H](c2ccccc2F)N1C. The molecule has 0 saturated carbocycles. The smallest absolute Gasteiger partial charge is 0.323 e. The maximum Gasteiger partial charge on any atom is 0.323 e. The summed E-state index contributed by atoms with van der Waals surface area (Å²) >= 11 is 0. The Hall–Kier alpha value is -1.95. The molecule has 2 rings (SSSR count). The van der Waals surface area contributed by atoms with E-state index in [1.807, 2.05) is 0 Å². The number of hydrogen-bond acceptors (Lipinski definition) is 4. The molecular weight excluding hydrogens is 265 g/mol. The minimum absolute atomic E-state index is 0.109. The zero-order valence-corrected chi connectivity index (χ0v) is 11.2. The molecule has 3 atom stereocenters. The zero-order chi connectivity index (χ0) is 14.9. The Bertz CT molecular complexity index is 534. The van der Waals surface area contributed by atoms with Gasteiger partial charge in [-0.3, -0.25) is 14.5 Å². The molecule has 1 aromatic rings. The van der Waals surface area contributed by atoms with Gasteiger partial charge in [0, 0.05) is 5.56 Å². The number of carboxylic acids is 1. The highest BCUT2D eigenvalue weighted by Crippen LogP contribution is 2.41. The molecule has 0 aliphatic carbocycles. The minimum atomic E-state index is -1.04. The standard InChI is InChI=1S/C14H16FNO4/c1-16-11(14(19)20-2)7-9(13(17)18)12(16)8-5-3-4-6-10(8)15/h3-6,9,11-12H,7H2,1-2H3,(H,17,18)/t9-,11-,12-/m1/s1. The van der Waals surface area contributed by atoms with Crippen LogP contribution in [0.4, 0.5) is 4.39 Å². The lowest BCUT2D eigenvalue weighted by atomic mass is 9.93. The number of halogens is 1. The number of esters is 1. The van der Waals surface area contributed by atoms with Crippen LogP contribution in [0.3, 0.4) is 0 Å². The van der Waals surface area contributed by atoms with Gasteiger partial charge in [0.1, 0.15) is 11.9 Å². The highest BCUT2D eigenvalue weighted by Gasteiger charge is 2.47. The van der Waals surface area contributed by atoms with E-state index in [0.29, 0.717) is 0 Å². The molecule has 0 bridgehead atoms. The lowest BCUT2D eigenvalue weighted by Gasteiger charge is -2.26. The van der Waals surface area contributed by atoms with Crippen LogP contribution in [-0.4, -0.2) is 42.1 Å². The molecule has 1 saturated heterocycles. The van der Waals surface area contributed by atoms with E-state index in [2.05, 4.69) is 4.74 Å². The number of carbonyl (C=O) groups is 2. The number of carboxylic acid groups (broad SMARTS) is 1. The number of benzene rings is 1. The van der Waals surface area contributed by atoms with E-state index in [-0.39, 0.29) is 12.0 Å². The number of ether oxygens (including phenoxy) is 1. The van der Waals surface area contributed by atoms with Crippen LogP contribution >= 0.6 is 0 Å². The first-order valence-electron chi connectivity index (χ1n) is 6.24. The average molecular weight is 281 g/mol. The molecule has 1 aromatic carbocycles. The molecule has 6 heteroatoms. The highest BCUT2D eigenvalue weighted by atomic mass is 19.1. The first kappa shape index (κ1) is 14.5. The van der Waals surface area contributed by atoms with Gasteiger partial charge in [-0.25, -0.2) is 4.39 Å². The molecule has 108 valence electrons. The largest absolute Gasteiger partial charge is 0.481 e. The van der Waals surface area contributed by atoms with Gasteiger partial charge in [0.15, 0.2) is 0 Å². The first-order chi connectivity index (χ1) is 9.47. The van der Waals surface area contributed by atoms with Gasteiger partial charge in [0.2, 0.25) is 0 Å². The van der Waals surface area contributed by atoms with E-state index < -0.39 is 35.8 Å². The summed E-state index contributed by atoms with van der Waals surface area (Å²) in [6.45, 7) is 0. The summed E-state index contributed by atoms with van der Waals surface area (Å²) in [6.07, 6.45) is 0.109. The number of rotatable bonds is 3. The molecule has 5 nitrogen and oxygen atoms in total. The highest BCUT2D eigenvalue weighted by molar-refractivity contribution is 5.79. The van der Waals surface area contributed by atoms with Crippen LogP contribution in [0, 0.1) is 11.7 Å². The molecule has 0 aromatic heterocycles. The average Bonchev–Trinajstić information content (AvgIpc) is 2.76. The van der Waals surface area contributed by atoms with E-state index in [9.17, 15) is 19.1 Å². The number of hydrogen-bond donors (Lipinski definition) is 1. The van der Waals surface area contributed by atoms with Crippen LogP contribution in [0.15, 0.2) is 24.3 Å². The number of likely N-dealkylation sites (N-methyl/N-ethyl adjacent to an activating group) is 1. The van der Waals surface area contributed by atoms with Crippen molar-refractivity contribution in [2.45, 2.75) is 18.5 Å². The van der Waals surface area contributed by atoms with Gasteiger partial charge in [-0.15, -0.1) is 0 Å². The normalized spacial score (nSPS) is 26.4. The van der Waals surface area contributed by atoms with Gasteiger partial charge in [0.05, 0.1) is 19.1 Å². The summed E-state index contributed by atoms with van der Waals surface area (Å²) in [4.78, 5) is 24.7. The molecule has 1 N–H and O–H groups in total. The molecule has 20 heavy (non-hydrogen) atoms. The van der Waals surface area contributed by atoms with E-state index in [1.54, 1.807) is 30.1 Å². The van der Waals surface area contributed by atoms with Crippen molar-refractivity contribution in [3.63, 3.8) is 0 Å². The second-order valence-corrected chi connectivity index (χ2v) is 4.85. The summed E-state index contributed by atoms with van der Waals surface area (Å²) in [7, 11) is 2.87. The zero-order valence-electron chi connectivity index (χ0n) is 11.2. The lowest BCUT2D eigenvalue weighted by Crippen LogP contribution is -2.35. The first-order valence-corrected chi connectivity index (χ1v) is 6.24. The van der Waals surface area contributed by atoms with E-state index in [1.165, 1.54) is 13.2 Å². The fourth-order valence-electron chi connectivity index (χ4n) is 2.80. The Morgan fingerprint density at radius 3 is 2.60 bits per heavy atom. The molecule has 0 radical (unpaired) electrons. The van der Waals surface area contributed by atoms with E-state index >= 15 is 0 Å². The van der Waals surface area contributed by atoms with E-state index in [0.717, 1.165) is 0 Å². The maximum absolute atomic E-state index is 13.9. The third-order valence-corrected chi connectivity index (χ3v) is 3.80. The van der Waals surface area contributed by atoms with Crippen molar-refractivity contribution in [3.05, 3.63) is 35.6 Å². The number of carbonyl (C=O) groups excluding carboxylic acids is 1. The Labute approximate surface area is 116 Å². The molecule has 1 fully saturated rings. The van der Waals surface area contributed by atoms with Gasteiger partial charge in [0.25, 0.3) is 0 Å². The minimum Gasteiger partial charge on any atom is -0.481 e. The summed E-state index contributed by atoms with van der Waals surface area (Å²) in [5, 5.41) is 9.32. The van der Waals surface area contributed by atoms with Gasteiger partial charge >= 0.3 is 11.9 Å². The summed E-state index contributed by atoms with van der Waals surface area (Å²) in [5.74, 6) is -2.86. The van der Waals surface area contributed by atoms with Crippen LogP contribution in [0.5, 0.6) is 0 Å². The molecule has 0 spiro atoms. The predicted octanol–water partition coefficient (Wildman–Crippen LogP) is 1.44. The summed E-state index contributed by atoms with van der Waals surface area (Å²) < 4.78 is 18.6. The number of methoxy groups -OCH3 is 1. The second kappa shape index (κ2) is 5.58. The topological polar surface area (TPSA) is 66.8 Å². The summed E-state index contributed by atoms with van der Waals surface area (Å²) in [5.41, 5.74) is 0.286. The van der Waals surface area contributed by atoms with Crippen LogP contribution < -0.4 is 0 Å². The molecule has 1 aliphatic heterocycles. The maximum atomic E-state index is 13.9. The van der Waals surface area contributed by atoms with Gasteiger partial charge in [-0.1, -0.05) is 18.2 Å². The van der Waals surface area contributed by atoms with Gasteiger partial charge in [-0.2, -0.15) is 0 Å². The Kier molecular flexibility index (Phi) is 4.04. The van der Waals surface area contributed by atoms with Gasteiger partial charge in [-0.05, 0) is 19.5 Å². The van der Waals surface area contributed by atoms with Crippen molar-refractivity contribution in [2.75, 3.05) is 14.2 Å². The van der Waals surface area contributed by atoms with Crippen molar-refractivity contribution in [2.24, 2.45) is 5.92 Å². The van der Waals surface area contributed by atoms with Crippen molar-refractivity contribution < 1.29 is 23.8 Å². The van der Waals surface area contributed by atoms with Gasteiger partial charge < -0.3 is 9.84 Å². The fourth-order valence-corrected chi connectivity index (χ4v) is 2.80. The Morgan fingerprint density at radius 1 is 1.40 bits per heavy atom. The van der Waals surface area contributed by atoms with Crippen molar-refractivity contribution in [1.29, 1.82) is 0 Å². The number of aliphatic carboxylic acids is 1. The number of nitrogens with zero attached hydrogens (tertiary/aromatic N) is 1. The van der Waals surface area contributed by atoms with Crippen LogP contribution in [0.25, 0.3) is 0 Å². The number of likely N-dealkylation sites (tertiary alicyclic amines) is 1. The van der Waals surface area contributed by atoms with Crippen molar-refractivity contribution >= 4 is 11.9 Å². The molecule has 0 amide bonds. The lowest BCUT2D eigenvalue weighted by molar-refractivity contribution is -0.145. The van der Waals surface area contributed by atoms with Crippen molar-refractivity contribution in [1.82, 2.24) is 4.90 Å². The van der Waals surface area contributed by atoms with E-state index in [4.69, 9.17) is 0 Å². The molecule has 0 unspecified atom stereocenters. The van der Waals surface area contributed by atoms with Crippen molar-refractivity contribution in [3.8, 4) is 0 Å². The second-order valence-electron chi connectivity index (χ2n) is 4.85. The predicted molar refractivity (Wildman–Crippen MR) is 68.5 cm³/mol. The fraction of sp³-hybridized carbons (Fsp3) is 0.429. The molecule has 1 aliphatic rings. The Morgan fingerprint density at radius 2 is 2.05 bits per heavy atom. The van der Waals surface area contributed by atoms with Crippen LogP contribution in [-0.2, 0) is 14.3 Å². The Balaban J connectivity index is 2.41. The van der Waals surface area contributed by atoms with Crippen LogP contribution in [0.2, 0.25) is 0 Å². The quantitative estimate of drug-likeness (QED) is 0.849. The molecular formula is C14H16FNO4.